The fraction of sp³-hybridized carbons (Fsp3) is 0.300. The van der Waals surface area contributed by atoms with Crippen LogP contribution < -0.4 is 16.4 Å². The van der Waals surface area contributed by atoms with Crippen LogP contribution in [0.25, 0.3) is 0 Å². The average molecular weight is 209 g/mol. The summed E-state index contributed by atoms with van der Waals surface area (Å²) >= 11 is 0. The Morgan fingerprint density at radius 2 is 2.20 bits per heavy atom. The molecule has 0 heterocycles. The highest BCUT2D eigenvalue weighted by Crippen LogP contribution is 2.26. The average Bonchev–Trinajstić information content (AvgIpc) is 2.17. The number of hydrogen-bond acceptors (Lipinski definition) is 4. The molecule has 0 aromatic heterocycles. The zero-order valence-corrected chi connectivity index (χ0v) is 8.60. The second kappa shape index (κ2) is 4.65. The summed E-state index contributed by atoms with van der Waals surface area (Å²) in [7, 11) is 1.74. The molecule has 0 saturated carbocycles. The van der Waals surface area contributed by atoms with Gasteiger partial charge in [0.2, 0.25) is 0 Å². The minimum absolute atomic E-state index is 0.0109. The van der Waals surface area contributed by atoms with Crippen LogP contribution in [0.15, 0.2) is 18.2 Å². The third kappa shape index (κ3) is 2.38. The van der Waals surface area contributed by atoms with Crippen molar-refractivity contribution in [1.29, 1.82) is 0 Å². The SMILES string of the molecule is CN(CCO)c1c(N)cccc1C(N)=O. The molecule has 1 aromatic rings. The van der Waals surface area contributed by atoms with Crippen LogP contribution in [0, 0.1) is 0 Å². The van der Waals surface area contributed by atoms with Crippen LogP contribution in [0.1, 0.15) is 10.4 Å². The van der Waals surface area contributed by atoms with Gasteiger partial charge in [-0.05, 0) is 12.1 Å². The number of hydrogen-bond donors (Lipinski definition) is 3. The van der Waals surface area contributed by atoms with Gasteiger partial charge in [-0.3, -0.25) is 4.79 Å². The third-order valence-corrected chi connectivity index (χ3v) is 2.15. The number of carbonyl (C=O) groups excluding carboxylic acids is 1. The van der Waals surface area contributed by atoms with Crippen LogP contribution in [0.5, 0.6) is 0 Å². The first-order chi connectivity index (χ1) is 7.07. The molecule has 0 spiro atoms. The second-order valence-corrected chi connectivity index (χ2v) is 3.25. The molecule has 0 unspecified atom stereocenters. The van der Waals surface area contributed by atoms with Gasteiger partial charge in [0.25, 0.3) is 5.91 Å². The number of primary amides is 1. The lowest BCUT2D eigenvalue weighted by Crippen LogP contribution is -2.26. The fourth-order valence-corrected chi connectivity index (χ4v) is 1.45. The molecule has 0 bridgehead atoms. The molecule has 1 rings (SSSR count). The number of anilines is 2. The Bertz CT molecular complexity index is 366. The van der Waals surface area contributed by atoms with Gasteiger partial charge in [0.05, 0.1) is 23.5 Å². The highest BCUT2D eigenvalue weighted by atomic mass is 16.3. The minimum atomic E-state index is -0.526. The van der Waals surface area contributed by atoms with Crippen molar-refractivity contribution in [3.63, 3.8) is 0 Å². The summed E-state index contributed by atoms with van der Waals surface area (Å²) in [5.41, 5.74) is 12.4. The summed E-state index contributed by atoms with van der Waals surface area (Å²) in [6, 6.07) is 4.98. The summed E-state index contributed by atoms with van der Waals surface area (Å²) in [4.78, 5) is 12.9. The van der Waals surface area contributed by atoms with E-state index in [0.717, 1.165) is 0 Å². The van der Waals surface area contributed by atoms with Crippen LogP contribution in [0.2, 0.25) is 0 Å². The predicted octanol–water partition coefficient (Wildman–Crippen LogP) is -0.204. The molecule has 82 valence electrons. The van der Waals surface area contributed by atoms with E-state index >= 15 is 0 Å². The highest BCUT2D eigenvalue weighted by Gasteiger charge is 2.14. The van der Waals surface area contributed by atoms with Gasteiger partial charge in [0.1, 0.15) is 0 Å². The lowest BCUT2D eigenvalue weighted by atomic mass is 10.1. The molecule has 0 saturated heterocycles. The number of carbonyl (C=O) groups is 1. The van der Waals surface area contributed by atoms with E-state index in [4.69, 9.17) is 16.6 Å². The van der Waals surface area contributed by atoms with Crippen molar-refractivity contribution < 1.29 is 9.90 Å². The predicted molar refractivity (Wildman–Crippen MR) is 59.7 cm³/mol. The van der Waals surface area contributed by atoms with Crippen molar-refractivity contribution in [1.82, 2.24) is 0 Å². The van der Waals surface area contributed by atoms with E-state index < -0.39 is 5.91 Å². The number of nitrogen functional groups attached to an aromatic ring is 1. The summed E-state index contributed by atoms with van der Waals surface area (Å²) in [6.45, 7) is 0.386. The van der Waals surface area contributed by atoms with Crippen molar-refractivity contribution in [2.75, 3.05) is 30.8 Å². The second-order valence-electron chi connectivity index (χ2n) is 3.25. The number of nitrogens with zero attached hydrogens (tertiary/aromatic N) is 1. The topological polar surface area (TPSA) is 92.6 Å². The van der Waals surface area contributed by atoms with E-state index in [0.29, 0.717) is 23.5 Å². The minimum Gasteiger partial charge on any atom is -0.397 e. The molecule has 0 aliphatic heterocycles. The molecule has 0 radical (unpaired) electrons. The first-order valence-corrected chi connectivity index (χ1v) is 4.58. The Morgan fingerprint density at radius 3 is 2.73 bits per heavy atom. The van der Waals surface area contributed by atoms with Crippen LogP contribution in [-0.2, 0) is 0 Å². The number of nitrogens with two attached hydrogens (primary N) is 2. The molecule has 0 fully saturated rings. The molecule has 5 nitrogen and oxygen atoms in total. The molecule has 0 atom stereocenters. The molecule has 5 heteroatoms. The van der Waals surface area contributed by atoms with Gasteiger partial charge in [-0.2, -0.15) is 0 Å². The number of para-hydroxylation sites is 1. The Balaban J connectivity index is 3.18. The van der Waals surface area contributed by atoms with Crippen molar-refractivity contribution in [2.45, 2.75) is 0 Å². The van der Waals surface area contributed by atoms with Crippen LogP contribution in [-0.4, -0.2) is 31.2 Å². The van der Waals surface area contributed by atoms with Crippen molar-refractivity contribution >= 4 is 17.3 Å². The molecule has 1 amide bonds. The molecule has 0 aliphatic carbocycles. The normalized spacial score (nSPS) is 10.0. The maximum atomic E-state index is 11.2. The molecular formula is C10H15N3O2. The number of aliphatic hydroxyl groups is 1. The Morgan fingerprint density at radius 1 is 1.53 bits per heavy atom. The molecule has 15 heavy (non-hydrogen) atoms. The van der Waals surface area contributed by atoms with Crippen molar-refractivity contribution in [3.8, 4) is 0 Å². The van der Waals surface area contributed by atoms with Gasteiger partial charge in [-0.1, -0.05) is 6.07 Å². The van der Waals surface area contributed by atoms with Crippen LogP contribution in [0.3, 0.4) is 0 Å². The van der Waals surface area contributed by atoms with Gasteiger partial charge in [-0.25, -0.2) is 0 Å². The molecule has 5 N–H and O–H groups in total. The van der Waals surface area contributed by atoms with E-state index in [1.165, 1.54) is 0 Å². The van der Waals surface area contributed by atoms with E-state index in [-0.39, 0.29) is 6.61 Å². The van der Waals surface area contributed by atoms with E-state index in [1.807, 2.05) is 0 Å². The lowest BCUT2D eigenvalue weighted by Gasteiger charge is -2.22. The van der Waals surface area contributed by atoms with Gasteiger partial charge >= 0.3 is 0 Å². The molecule has 1 aromatic carbocycles. The maximum absolute atomic E-state index is 11.2. The first kappa shape index (κ1) is 11.3. The third-order valence-electron chi connectivity index (χ3n) is 2.15. The van der Waals surface area contributed by atoms with E-state index in [9.17, 15) is 4.79 Å². The lowest BCUT2D eigenvalue weighted by molar-refractivity contribution is 0.100. The van der Waals surface area contributed by atoms with E-state index in [2.05, 4.69) is 0 Å². The largest absolute Gasteiger partial charge is 0.397 e. The van der Waals surface area contributed by atoms with Crippen molar-refractivity contribution in [2.24, 2.45) is 5.73 Å². The highest BCUT2D eigenvalue weighted by molar-refractivity contribution is 6.01. The summed E-state index contributed by atoms with van der Waals surface area (Å²) in [5.74, 6) is -0.526. The molecule has 0 aliphatic rings. The number of amides is 1. The molecular weight excluding hydrogens is 194 g/mol. The number of aliphatic hydroxyl groups excluding tert-OH is 1. The summed E-state index contributed by atoms with van der Waals surface area (Å²) < 4.78 is 0. The summed E-state index contributed by atoms with van der Waals surface area (Å²) in [6.07, 6.45) is 0. The standard InChI is InChI=1S/C10H15N3O2/c1-13(5-6-14)9-7(10(12)15)3-2-4-8(9)11/h2-4,14H,5-6,11H2,1H3,(H2,12,15). The quantitative estimate of drug-likeness (QED) is 0.598. The van der Waals surface area contributed by atoms with Crippen molar-refractivity contribution in [3.05, 3.63) is 23.8 Å². The first-order valence-electron chi connectivity index (χ1n) is 4.58. The zero-order chi connectivity index (χ0) is 11.4. The summed E-state index contributed by atoms with van der Waals surface area (Å²) in [5, 5.41) is 8.82. The Labute approximate surface area is 88.3 Å². The van der Waals surface area contributed by atoms with Gasteiger partial charge < -0.3 is 21.5 Å². The van der Waals surface area contributed by atoms with E-state index in [1.54, 1.807) is 30.1 Å². The number of likely N-dealkylation sites (N-methyl/N-ethyl adjacent to an activating group) is 1. The fourth-order valence-electron chi connectivity index (χ4n) is 1.45. The zero-order valence-electron chi connectivity index (χ0n) is 8.60. The Hall–Kier alpha value is -1.75. The van der Waals surface area contributed by atoms with Gasteiger partial charge in [0.15, 0.2) is 0 Å². The van der Waals surface area contributed by atoms with Crippen LogP contribution >= 0.6 is 0 Å². The van der Waals surface area contributed by atoms with Crippen LogP contribution in [0.4, 0.5) is 11.4 Å². The van der Waals surface area contributed by atoms with Gasteiger partial charge in [-0.15, -0.1) is 0 Å². The number of rotatable bonds is 4. The Kier molecular flexibility index (Phi) is 3.51. The monoisotopic (exact) mass is 209 g/mol. The number of benzene rings is 1. The smallest absolute Gasteiger partial charge is 0.250 e. The maximum Gasteiger partial charge on any atom is 0.250 e. The van der Waals surface area contributed by atoms with Gasteiger partial charge in [0, 0.05) is 13.6 Å².